The number of ether oxygens (including phenoxy) is 3. The Balaban J connectivity index is 2.36. The molecule has 2 unspecified atom stereocenters. The topological polar surface area (TPSA) is 91.0 Å². The van der Waals surface area contributed by atoms with Crippen LogP contribution in [0.4, 0.5) is 0 Å². The zero-order valence-electron chi connectivity index (χ0n) is 11.4. The first-order valence-corrected chi connectivity index (χ1v) is 6.51. The molecule has 6 nitrogen and oxygen atoms in total. The summed E-state index contributed by atoms with van der Waals surface area (Å²) < 4.78 is 16.4. The van der Waals surface area contributed by atoms with Gasteiger partial charge in [-0.3, -0.25) is 4.79 Å². The summed E-state index contributed by atoms with van der Waals surface area (Å²) in [5, 5.41) is 9.27. The van der Waals surface area contributed by atoms with E-state index in [-0.39, 0.29) is 12.6 Å². The van der Waals surface area contributed by atoms with Crippen molar-refractivity contribution < 1.29 is 24.1 Å². The number of rotatable bonds is 6. The number of para-hydroxylation sites is 1. The third-order valence-electron chi connectivity index (χ3n) is 3.31. The van der Waals surface area contributed by atoms with Crippen LogP contribution < -0.4 is 15.2 Å². The Morgan fingerprint density at radius 1 is 1.60 bits per heavy atom. The fourth-order valence-corrected chi connectivity index (χ4v) is 2.23. The molecule has 0 saturated carbocycles. The van der Waals surface area contributed by atoms with Crippen LogP contribution in [0, 0.1) is 0 Å². The Kier molecular flexibility index (Phi) is 4.81. The summed E-state index contributed by atoms with van der Waals surface area (Å²) >= 11 is 0. The second-order valence-corrected chi connectivity index (χ2v) is 4.61. The highest BCUT2D eigenvalue weighted by Crippen LogP contribution is 2.37. The van der Waals surface area contributed by atoms with E-state index in [2.05, 4.69) is 0 Å². The van der Waals surface area contributed by atoms with Crippen LogP contribution in [-0.4, -0.2) is 44.0 Å². The van der Waals surface area contributed by atoms with E-state index in [1.165, 1.54) is 7.11 Å². The SMILES string of the molecule is COc1cccc(C(CN)C(=O)O)c1OC1CCOC1. The molecular formula is C14H19NO5. The first-order chi connectivity index (χ1) is 9.67. The van der Waals surface area contributed by atoms with Crippen molar-refractivity contribution in [2.45, 2.75) is 18.4 Å². The molecular weight excluding hydrogens is 262 g/mol. The van der Waals surface area contributed by atoms with Crippen molar-refractivity contribution >= 4 is 5.97 Å². The highest BCUT2D eigenvalue weighted by Gasteiger charge is 2.27. The number of carboxylic acids is 1. The maximum atomic E-state index is 11.3. The van der Waals surface area contributed by atoms with Gasteiger partial charge >= 0.3 is 5.97 Å². The van der Waals surface area contributed by atoms with E-state index < -0.39 is 11.9 Å². The van der Waals surface area contributed by atoms with Crippen molar-refractivity contribution in [1.29, 1.82) is 0 Å². The average molecular weight is 281 g/mol. The number of benzene rings is 1. The lowest BCUT2D eigenvalue weighted by molar-refractivity contribution is -0.138. The van der Waals surface area contributed by atoms with Gasteiger partial charge in [-0.15, -0.1) is 0 Å². The van der Waals surface area contributed by atoms with Crippen LogP contribution in [0.5, 0.6) is 11.5 Å². The summed E-state index contributed by atoms with van der Waals surface area (Å²) in [6.45, 7) is 1.15. The van der Waals surface area contributed by atoms with Crippen LogP contribution in [0.1, 0.15) is 17.9 Å². The highest BCUT2D eigenvalue weighted by molar-refractivity contribution is 5.78. The molecule has 1 saturated heterocycles. The summed E-state index contributed by atoms with van der Waals surface area (Å²) in [6, 6.07) is 5.18. The lowest BCUT2D eigenvalue weighted by Crippen LogP contribution is -2.24. The van der Waals surface area contributed by atoms with Gasteiger partial charge in [0.2, 0.25) is 0 Å². The molecule has 6 heteroatoms. The molecule has 110 valence electrons. The minimum atomic E-state index is -0.978. The lowest BCUT2D eigenvalue weighted by atomic mass is 9.98. The molecule has 2 rings (SSSR count). The van der Waals surface area contributed by atoms with Crippen molar-refractivity contribution in [2.24, 2.45) is 5.73 Å². The monoisotopic (exact) mass is 281 g/mol. The predicted octanol–water partition coefficient (Wildman–Crippen LogP) is 0.990. The van der Waals surface area contributed by atoms with Gasteiger partial charge in [-0.25, -0.2) is 0 Å². The molecule has 0 aliphatic carbocycles. The van der Waals surface area contributed by atoms with Crippen LogP contribution in [0.3, 0.4) is 0 Å². The Hall–Kier alpha value is -1.79. The normalized spacial score (nSPS) is 19.6. The molecule has 1 aromatic carbocycles. The first kappa shape index (κ1) is 14.6. The maximum Gasteiger partial charge on any atom is 0.312 e. The van der Waals surface area contributed by atoms with Gasteiger partial charge in [0.15, 0.2) is 11.5 Å². The highest BCUT2D eigenvalue weighted by atomic mass is 16.6. The number of carbonyl (C=O) groups is 1. The summed E-state index contributed by atoms with van der Waals surface area (Å²) in [5.74, 6) is -0.840. The van der Waals surface area contributed by atoms with Crippen molar-refractivity contribution in [2.75, 3.05) is 26.9 Å². The number of methoxy groups -OCH3 is 1. The van der Waals surface area contributed by atoms with Gasteiger partial charge in [-0.2, -0.15) is 0 Å². The summed E-state index contributed by atoms with van der Waals surface area (Å²) in [5.41, 5.74) is 6.11. The Morgan fingerprint density at radius 3 is 2.95 bits per heavy atom. The second kappa shape index (κ2) is 6.58. The summed E-state index contributed by atoms with van der Waals surface area (Å²) in [7, 11) is 1.52. The van der Waals surface area contributed by atoms with Gasteiger partial charge in [0.25, 0.3) is 0 Å². The van der Waals surface area contributed by atoms with E-state index in [0.717, 1.165) is 6.42 Å². The minimum absolute atomic E-state index is 0.0000274. The summed E-state index contributed by atoms with van der Waals surface area (Å²) in [4.78, 5) is 11.3. The van der Waals surface area contributed by atoms with Crippen LogP contribution in [0.2, 0.25) is 0 Å². The van der Waals surface area contributed by atoms with Gasteiger partial charge in [-0.1, -0.05) is 12.1 Å². The minimum Gasteiger partial charge on any atom is -0.493 e. The Labute approximate surface area is 117 Å². The average Bonchev–Trinajstić information content (AvgIpc) is 2.93. The zero-order valence-corrected chi connectivity index (χ0v) is 11.4. The fraction of sp³-hybridized carbons (Fsp3) is 0.500. The van der Waals surface area contributed by atoms with E-state index in [9.17, 15) is 9.90 Å². The van der Waals surface area contributed by atoms with E-state index >= 15 is 0 Å². The Bertz CT molecular complexity index is 471. The smallest absolute Gasteiger partial charge is 0.312 e. The van der Waals surface area contributed by atoms with Crippen LogP contribution in [0.15, 0.2) is 18.2 Å². The molecule has 1 fully saturated rings. The molecule has 0 aromatic heterocycles. The molecule has 0 radical (unpaired) electrons. The molecule has 1 aromatic rings. The van der Waals surface area contributed by atoms with Crippen LogP contribution >= 0.6 is 0 Å². The first-order valence-electron chi connectivity index (χ1n) is 6.51. The van der Waals surface area contributed by atoms with Crippen LogP contribution in [-0.2, 0) is 9.53 Å². The third kappa shape index (κ3) is 3.02. The number of hydrogen-bond donors (Lipinski definition) is 2. The zero-order chi connectivity index (χ0) is 14.5. The van der Waals surface area contributed by atoms with Gasteiger partial charge in [0.1, 0.15) is 6.10 Å². The molecule has 1 aliphatic heterocycles. The van der Waals surface area contributed by atoms with Crippen LogP contribution in [0.25, 0.3) is 0 Å². The number of hydrogen-bond acceptors (Lipinski definition) is 5. The van der Waals surface area contributed by atoms with Crippen molar-refractivity contribution in [3.8, 4) is 11.5 Å². The molecule has 1 aliphatic rings. The molecule has 1 heterocycles. The largest absolute Gasteiger partial charge is 0.493 e. The third-order valence-corrected chi connectivity index (χ3v) is 3.31. The van der Waals surface area contributed by atoms with E-state index in [0.29, 0.717) is 30.3 Å². The van der Waals surface area contributed by atoms with Gasteiger partial charge in [0, 0.05) is 18.5 Å². The second-order valence-electron chi connectivity index (χ2n) is 4.61. The molecule has 0 spiro atoms. The van der Waals surface area contributed by atoms with E-state index in [1.807, 2.05) is 0 Å². The molecule has 2 atom stereocenters. The number of aliphatic carboxylic acids is 1. The van der Waals surface area contributed by atoms with Gasteiger partial charge in [0.05, 0.1) is 26.2 Å². The molecule has 3 N–H and O–H groups in total. The lowest BCUT2D eigenvalue weighted by Gasteiger charge is -2.21. The molecule has 0 bridgehead atoms. The number of carboxylic acid groups (broad SMARTS) is 1. The maximum absolute atomic E-state index is 11.3. The predicted molar refractivity (Wildman–Crippen MR) is 72.3 cm³/mol. The molecule has 0 amide bonds. The van der Waals surface area contributed by atoms with Crippen molar-refractivity contribution in [3.05, 3.63) is 23.8 Å². The van der Waals surface area contributed by atoms with E-state index in [4.69, 9.17) is 19.9 Å². The number of nitrogens with two attached hydrogens (primary N) is 1. The Morgan fingerprint density at radius 2 is 2.40 bits per heavy atom. The van der Waals surface area contributed by atoms with Crippen molar-refractivity contribution in [3.63, 3.8) is 0 Å². The van der Waals surface area contributed by atoms with Gasteiger partial charge in [-0.05, 0) is 6.07 Å². The van der Waals surface area contributed by atoms with Gasteiger partial charge < -0.3 is 25.1 Å². The van der Waals surface area contributed by atoms with E-state index in [1.54, 1.807) is 18.2 Å². The van der Waals surface area contributed by atoms with Crippen molar-refractivity contribution in [1.82, 2.24) is 0 Å². The standard InChI is InChI=1S/C14H19NO5/c1-18-12-4-2-3-10(11(7-15)14(16)17)13(12)20-9-5-6-19-8-9/h2-4,9,11H,5-8,15H2,1H3,(H,16,17). The quantitative estimate of drug-likeness (QED) is 0.808. The molecule has 20 heavy (non-hydrogen) atoms. The summed E-state index contributed by atoms with van der Waals surface area (Å²) in [6.07, 6.45) is 0.690. The fourth-order valence-electron chi connectivity index (χ4n) is 2.23.